The van der Waals surface area contributed by atoms with Gasteiger partial charge in [-0.15, -0.1) is 0 Å². The van der Waals surface area contributed by atoms with E-state index in [1.54, 1.807) is 0 Å². The van der Waals surface area contributed by atoms with Crippen LogP contribution < -0.4 is 0 Å². The van der Waals surface area contributed by atoms with Crippen molar-refractivity contribution in [1.82, 2.24) is 0 Å². The van der Waals surface area contributed by atoms with Gasteiger partial charge in [-0.3, -0.25) is 4.79 Å². The zero-order chi connectivity index (χ0) is 9.19. The Kier molecular flexibility index (Phi) is 2.73. The average Bonchev–Trinajstić information content (AvgIpc) is 1.92. The third kappa shape index (κ3) is 2.21. The normalized spacial score (nSPS) is 25.8. The van der Waals surface area contributed by atoms with Gasteiger partial charge >= 0.3 is 0 Å². The van der Waals surface area contributed by atoms with Gasteiger partial charge in [-0.05, 0) is 22.9 Å². The second-order valence-electron chi connectivity index (χ2n) is 3.73. The second-order valence-corrected chi connectivity index (χ2v) is 4.15. The second kappa shape index (κ2) is 3.44. The number of rotatable bonds is 2. The van der Waals surface area contributed by atoms with Crippen molar-refractivity contribution in [2.75, 3.05) is 0 Å². The molecule has 0 amide bonds. The van der Waals surface area contributed by atoms with Crippen molar-refractivity contribution >= 4 is 16.8 Å². The molecule has 0 fully saturated rings. The molecule has 0 saturated heterocycles. The maximum atomic E-state index is 10.7. The predicted octanol–water partition coefficient (Wildman–Crippen LogP) is 2.91. The van der Waals surface area contributed by atoms with E-state index in [-0.39, 0.29) is 16.6 Å². The summed E-state index contributed by atoms with van der Waals surface area (Å²) in [6, 6.07) is 0. The van der Waals surface area contributed by atoms with E-state index in [1.165, 1.54) is 0 Å². The maximum absolute atomic E-state index is 10.7. The number of hydrogen-bond donors (Lipinski definition) is 0. The molecule has 0 aliphatic heterocycles. The molecule has 12 heavy (non-hydrogen) atoms. The molecule has 1 nitrogen and oxygen atoms in total. The van der Waals surface area contributed by atoms with E-state index in [2.05, 4.69) is 19.9 Å². The van der Waals surface area contributed by atoms with Crippen LogP contribution in [0.15, 0.2) is 24.3 Å². The summed E-state index contributed by atoms with van der Waals surface area (Å²) in [5.41, 5.74) is 0.0549. The molecule has 0 bridgehead atoms. The number of allylic oxidation sites excluding steroid dienone is 4. The Bertz CT molecular complexity index is 238. The van der Waals surface area contributed by atoms with Crippen molar-refractivity contribution in [2.45, 2.75) is 20.3 Å². The van der Waals surface area contributed by atoms with E-state index >= 15 is 0 Å². The summed E-state index contributed by atoms with van der Waals surface area (Å²) in [6.45, 7) is 4.22. The zero-order valence-electron chi connectivity index (χ0n) is 7.38. The first kappa shape index (κ1) is 9.53. The van der Waals surface area contributed by atoms with E-state index < -0.39 is 0 Å². The van der Waals surface area contributed by atoms with E-state index in [4.69, 9.17) is 11.6 Å². The lowest BCUT2D eigenvalue weighted by Crippen LogP contribution is -2.23. The first-order valence-corrected chi connectivity index (χ1v) is 4.44. The van der Waals surface area contributed by atoms with Gasteiger partial charge < -0.3 is 0 Å². The highest BCUT2D eigenvalue weighted by atomic mass is 35.5. The van der Waals surface area contributed by atoms with Crippen LogP contribution in [-0.2, 0) is 4.79 Å². The number of hydrogen-bond acceptors (Lipinski definition) is 1. The van der Waals surface area contributed by atoms with Crippen LogP contribution in [0.5, 0.6) is 0 Å². The number of carbonyl (C=O) groups excluding carboxylic acids is 1. The van der Waals surface area contributed by atoms with Gasteiger partial charge in [-0.25, -0.2) is 0 Å². The average molecular weight is 185 g/mol. The Hall–Kier alpha value is -0.560. The molecule has 0 saturated carbocycles. The third-order valence-electron chi connectivity index (χ3n) is 2.32. The summed E-state index contributed by atoms with van der Waals surface area (Å²) < 4.78 is 0. The fraction of sp³-hybridized carbons (Fsp3) is 0.500. The minimum Gasteiger partial charge on any atom is -0.281 e. The van der Waals surface area contributed by atoms with Crippen molar-refractivity contribution in [3.8, 4) is 0 Å². The molecule has 2 heteroatoms. The summed E-state index contributed by atoms with van der Waals surface area (Å²) in [6.07, 6.45) is 8.55. The molecule has 0 aromatic heterocycles. The lowest BCUT2D eigenvalue weighted by Gasteiger charge is -2.30. The molecular formula is C10H13ClO. The van der Waals surface area contributed by atoms with Crippen LogP contribution >= 0.6 is 11.6 Å². The SMILES string of the molecule is CC1(C)C=CC=CC1CC(=O)Cl. The quantitative estimate of drug-likeness (QED) is 0.604. The summed E-state index contributed by atoms with van der Waals surface area (Å²) in [5.74, 6) is 0.243. The zero-order valence-corrected chi connectivity index (χ0v) is 8.14. The molecule has 0 aromatic rings. The first-order valence-electron chi connectivity index (χ1n) is 4.07. The van der Waals surface area contributed by atoms with Gasteiger partial charge in [0.2, 0.25) is 5.24 Å². The first-order chi connectivity index (χ1) is 5.52. The highest BCUT2D eigenvalue weighted by Crippen LogP contribution is 2.34. The minimum absolute atomic E-state index is 0.0549. The van der Waals surface area contributed by atoms with Crippen LogP contribution in [0.1, 0.15) is 20.3 Å². The van der Waals surface area contributed by atoms with E-state index in [1.807, 2.05) is 18.2 Å². The van der Waals surface area contributed by atoms with E-state index in [9.17, 15) is 4.79 Å². The smallest absolute Gasteiger partial charge is 0.222 e. The van der Waals surface area contributed by atoms with Crippen molar-refractivity contribution < 1.29 is 4.79 Å². The van der Waals surface area contributed by atoms with Crippen LogP contribution in [0, 0.1) is 11.3 Å². The van der Waals surface area contributed by atoms with Gasteiger partial charge in [0, 0.05) is 6.42 Å². The summed E-state index contributed by atoms with van der Waals surface area (Å²) in [5, 5.41) is -0.256. The van der Waals surface area contributed by atoms with Crippen LogP contribution in [0.25, 0.3) is 0 Å². The van der Waals surface area contributed by atoms with Crippen molar-refractivity contribution in [3.05, 3.63) is 24.3 Å². The standard InChI is InChI=1S/C10H13ClO/c1-10(2)6-4-3-5-8(10)7-9(11)12/h3-6,8H,7H2,1-2H3. The largest absolute Gasteiger partial charge is 0.281 e. The molecule has 1 atom stereocenters. The molecule has 1 rings (SSSR count). The van der Waals surface area contributed by atoms with Crippen molar-refractivity contribution in [1.29, 1.82) is 0 Å². The molecule has 0 aromatic carbocycles. The van der Waals surface area contributed by atoms with Gasteiger partial charge in [0.15, 0.2) is 0 Å². The van der Waals surface area contributed by atoms with E-state index in [0.717, 1.165) is 0 Å². The fourth-order valence-electron chi connectivity index (χ4n) is 1.38. The van der Waals surface area contributed by atoms with Crippen LogP contribution in [0.4, 0.5) is 0 Å². The molecule has 0 radical (unpaired) electrons. The molecule has 66 valence electrons. The summed E-state index contributed by atoms with van der Waals surface area (Å²) >= 11 is 5.34. The van der Waals surface area contributed by atoms with Gasteiger partial charge in [-0.1, -0.05) is 38.2 Å². The summed E-state index contributed by atoms with van der Waals surface area (Å²) in [4.78, 5) is 10.7. The minimum atomic E-state index is -0.256. The summed E-state index contributed by atoms with van der Waals surface area (Å²) in [7, 11) is 0. The van der Waals surface area contributed by atoms with Crippen LogP contribution in [0.3, 0.4) is 0 Å². The lowest BCUT2D eigenvalue weighted by molar-refractivity contribution is -0.112. The Balaban J connectivity index is 2.70. The fourth-order valence-corrected chi connectivity index (χ4v) is 1.54. The Morgan fingerprint density at radius 2 is 2.17 bits per heavy atom. The third-order valence-corrected chi connectivity index (χ3v) is 2.47. The Labute approximate surface area is 78.1 Å². The predicted molar refractivity (Wildman–Crippen MR) is 51.0 cm³/mol. The highest BCUT2D eigenvalue weighted by Gasteiger charge is 2.27. The van der Waals surface area contributed by atoms with E-state index in [0.29, 0.717) is 6.42 Å². The Morgan fingerprint density at radius 3 is 2.67 bits per heavy atom. The molecule has 0 N–H and O–H groups in total. The Morgan fingerprint density at radius 1 is 1.50 bits per heavy atom. The van der Waals surface area contributed by atoms with Crippen molar-refractivity contribution in [2.24, 2.45) is 11.3 Å². The van der Waals surface area contributed by atoms with Crippen molar-refractivity contribution in [3.63, 3.8) is 0 Å². The molecule has 1 unspecified atom stereocenters. The molecule has 0 heterocycles. The number of carbonyl (C=O) groups is 1. The van der Waals surface area contributed by atoms with Gasteiger partial charge in [-0.2, -0.15) is 0 Å². The highest BCUT2D eigenvalue weighted by molar-refractivity contribution is 6.63. The monoisotopic (exact) mass is 184 g/mol. The lowest BCUT2D eigenvalue weighted by atomic mass is 9.75. The number of halogens is 1. The van der Waals surface area contributed by atoms with Gasteiger partial charge in [0.25, 0.3) is 0 Å². The molecular weight excluding hydrogens is 172 g/mol. The van der Waals surface area contributed by atoms with Gasteiger partial charge in [0.1, 0.15) is 0 Å². The molecule has 1 aliphatic rings. The van der Waals surface area contributed by atoms with Crippen LogP contribution in [-0.4, -0.2) is 5.24 Å². The maximum Gasteiger partial charge on any atom is 0.222 e. The molecule has 1 aliphatic carbocycles. The molecule has 0 spiro atoms. The van der Waals surface area contributed by atoms with Crippen LogP contribution in [0.2, 0.25) is 0 Å². The van der Waals surface area contributed by atoms with Gasteiger partial charge in [0.05, 0.1) is 0 Å². The topological polar surface area (TPSA) is 17.1 Å².